The van der Waals surface area contributed by atoms with E-state index in [0.29, 0.717) is 24.7 Å². The van der Waals surface area contributed by atoms with Crippen molar-refractivity contribution in [3.8, 4) is 0 Å². The predicted molar refractivity (Wildman–Crippen MR) is 61.9 cm³/mol. The highest BCUT2D eigenvalue weighted by atomic mass is 16.5. The summed E-state index contributed by atoms with van der Waals surface area (Å²) >= 11 is 0. The molecule has 0 bridgehead atoms. The van der Waals surface area contributed by atoms with Crippen molar-refractivity contribution >= 4 is 0 Å². The van der Waals surface area contributed by atoms with E-state index >= 15 is 0 Å². The average Bonchev–Trinajstić information content (AvgIpc) is 2.68. The van der Waals surface area contributed by atoms with Gasteiger partial charge in [0, 0.05) is 19.3 Å². The van der Waals surface area contributed by atoms with Crippen molar-refractivity contribution in [1.29, 1.82) is 0 Å². The summed E-state index contributed by atoms with van der Waals surface area (Å²) in [5.41, 5.74) is 0. The topological polar surface area (TPSA) is 41.5 Å². The van der Waals surface area contributed by atoms with Crippen LogP contribution in [0.15, 0.2) is 0 Å². The van der Waals surface area contributed by atoms with Crippen LogP contribution in [0.4, 0.5) is 0 Å². The number of aliphatic hydroxyl groups is 1. The van der Waals surface area contributed by atoms with Crippen molar-refractivity contribution in [2.24, 2.45) is 5.92 Å². The van der Waals surface area contributed by atoms with E-state index in [1.54, 1.807) is 0 Å². The van der Waals surface area contributed by atoms with E-state index in [9.17, 15) is 0 Å². The molecule has 0 spiro atoms. The Kier molecular flexibility index (Phi) is 6.22. The molecule has 90 valence electrons. The van der Waals surface area contributed by atoms with Crippen LogP contribution in [0.5, 0.6) is 0 Å². The summed E-state index contributed by atoms with van der Waals surface area (Å²) in [6, 6.07) is 0.522. The minimum absolute atomic E-state index is 0.295. The lowest BCUT2D eigenvalue weighted by Gasteiger charge is -2.19. The molecule has 1 rings (SSSR count). The average molecular weight is 215 g/mol. The summed E-state index contributed by atoms with van der Waals surface area (Å²) in [6.07, 6.45) is 4.92. The third-order valence-corrected chi connectivity index (χ3v) is 3.08. The van der Waals surface area contributed by atoms with Gasteiger partial charge in [0.2, 0.25) is 0 Å². The summed E-state index contributed by atoms with van der Waals surface area (Å²) in [5.74, 6) is 0.557. The van der Waals surface area contributed by atoms with Gasteiger partial charge in [-0.2, -0.15) is 0 Å². The third kappa shape index (κ3) is 5.50. The fourth-order valence-corrected chi connectivity index (χ4v) is 2.03. The van der Waals surface area contributed by atoms with Crippen LogP contribution < -0.4 is 5.32 Å². The van der Waals surface area contributed by atoms with E-state index < -0.39 is 0 Å². The molecule has 3 unspecified atom stereocenters. The molecule has 1 aliphatic heterocycles. The molecule has 0 amide bonds. The Balaban J connectivity index is 2.04. The van der Waals surface area contributed by atoms with Crippen molar-refractivity contribution in [3.05, 3.63) is 0 Å². The van der Waals surface area contributed by atoms with Crippen LogP contribution in [0.3, 0.4) is 0 Å². The molecule has 0 aromatic carbocycles. The zero-order chi connectivity index (χ0) is 11.1. The molecule has 0 aromatic heterocycles. The SMILES string of the molecule is CC(CCO)CNC(C)CC1CCCO1. The Bertz CT molecular complexity index is 158. The minimum atomic E-state index is 0.295. The molecule has 1 fully saturated rings. The van der Waals surface area contributed by atoms with Gasteiger partial charge >= 0.3 is 0 Å². The second-order valence-electron chi connectivity index (χ2n) is 4.80. The largest absolute Gasteiger partial charge is 0.396 e. The zero-order valence-electron chi connectivity index (χ0n) is 10.0. The van der Waals surface area contributed by atoms with Crippen molar-refractivity contribution < 1.29 is 9.84 Å². The standard InChI is InChI=1S/C12H25NO2/c1-10(5-6-14)9-13-11(2)8-12-4-3-7-15-12/h10-14H,3-9H2,1-2H3. The molecule has 3 nitrogen and oxygen atoms in total. The number of hydrogen-bond acceptors (Lipinski definition) is 3. The highest BCUT2D eigenvalue weighted by Crippen LogP contribution is 2.16. The fraction of sp³-hybridized carbons (Fsp3) is 1.00. The van der Waals surface area contributed by atoms with Crippen molar-refractivity contribution in [1.82, 2.24) is 5.32 Å². The number of hydrogen-bond donors (Lipinski definition) is 2. The third-order valence-electron chi connectivity index (χ3n) is 3.08. The summed E-state index contributed by atoms with van der Waals surface area (Å²) in [4.78, 5) is 0. The van der Waals surface area contributed by atoms with Crippen LogP contribution in [0.25, 0.3) is 0 Å². The van der Waals surface area contributed by atoms with Gasteiger partial charge in [-0.15, -0.1) is 0 Å². The van der Waals surface area contributed by atoms with Crippen molar-refractivity contribution in [3.63, 3.8) is 0 Å². The van der Waals surface area contributed by atoms with Crippen molar-refractivity contribution in [2.45, 2.75) is 51.7 Å². The van der Waals surface area contributed by atoms with Gasteiger partial charge in [0.25, 0.3) is 0 Å². The van der Waals surface area contributed by atoms with Gasteiger partial charge in [-0.25, -0.2) is 0 Å². The first-order valence-electron chi connectivity index (χ1n) is 6.18. The first-order valence-corrected chi connectivity index (χ1v) is 6.18. The second kappa shape index (κ2) is 7.20. The monoisotopic (exact) mass is 215 g/mol. The highest BCUT2D eigenvalue weighted by molar-refractivity contribution is 4.72. The Morgan fingerprint density at radius 1 is 1.47 bits per heavy atom. The summed E-state index contributed by atoms with van der Waals surface area (Å²) in [6.45, 7) is 6.62. The maximum absolute atomic E-state index is 8.78. The smallest absolute Gasteiger partial charge is 0.0590 e. The van der Waals surface area contributed by atoms with Gasteiger partial charge in [0.15, 0.2) is 0 Å². The van der Waals surface area contributed by atoms with E-state index in [0.717, 1.165) is 26.0 Å². The van der Waals surface area contributed by atoms with Crippen LogP contribution >= 0.6 is 0 Å². The second-order valence-corrected chi connectivity index (χ2v) is 4.80. The summed E-state index contributed by atoms with van der Waals surface area (Å²) in [5, 5.41) is 12.3. The van der Waals surface area contributed by atoms with E-state index in [1.807, 2.05) is 0 Å². The van der Waals surface area contributed by atoms with Gasteiger partial charge in [0.05, 0.1) is 6.10 Å². The Morgan fingerprint density at radius 3 is 2.87 bits per heavy atom. The quantitative estimate of drug-likeness (QED) is 0.677. The van der Waals surface area contributed by atoms with Gasteiger partial charge in [-0.1, -0.05) is 6.92 Å². The molecular formula is C12H25NO2. The van der Waals surface area contributed by atoms with Crippen molar-refractivity contribution in [2.75, 3.05) is 19.8 Å². The number of rotatable bonds is 7. The Labute approximate surface area is 93.2 Å². The molecule has 1 saturated heterocycles. The maximum atomic E-state index is 8.78. The lowest BCUT2D eigenvalue weighted by molar-refractivity contribution is 0.0957. The molecule has 2 N–H and O–H groups in total. The molecule has 0 aromatic rings. The fourth-order valence-electron chi connectivity index (χ4n) is 2.03. The first kappa shape index (κ1) is 12.9. The lowest BCUT2D eigenvalue weighted by atomic mass is 10.1. The van der Waals surface area contributed by atoms with Gasteiger partial charge < -0.3 is 15.2 Å². The lowest BCUT2D eigenvalue weighted by Crippen LogP contribution is -2.33. The molecule has 0 radical (unpaired) electrons. The molecule has 15 heavy (non-hydrogen) atoms. The summed E-state index contributed by atoms with van der Waals surface area (Å²) in [7, 11) is 0. The maximum Gasteiger partial charge on any atom is 0.0590 e. The first-order chi connectivity index (χ1) is 7.22. The predicted octanol–water partition coefficient (Wildman–Crippen LogP) is 1.55. The Hall–Kier alpha value is -0.120. The number of nitrogens with one attached hydrogen (secondary N) is 1. The molecule has 1 aliphatic rings. The molecule has 3 atom stereocenters. The molecule has 1 heterocycles. The van der Waals surface area contributed by atoms with Crippen LogP contribution in [0, 0.1) is 5.92 Å². The van der Waals surface area contributed by atoms with Crippen LogP contribution in [0.1, 0.15) is 39.5 Å². The van der Waals surface area contributed by atoms with Gasteiger partial charge in [-0.3, -0.25) is 0 Å². The molecule has 0 saturated carbocycles. The number of aliphatic hydroxyl groups excluding tert-OH is 1. The minimum Gasteiger partial charge on any atom is -0.396 e. The van der Waals surface area contributed by atoms with Gasteiger partial charge in [0.1, 0.15) is 0 Å². The number of ether oxygens (including phenoxy) is 1. The van der Waals surface area contributed by atoms with E-state index in [-0.39, 0.29) is 0 Å². The van der Waals surface area contributed by atoms with Gasteiger partial charge in [-0.05, 0) is 45.1 Å². The van der Waals surface area contributed by atoms with Crippen LogP contribution in [-0.2, 0) is 4.74 Å². The van der Waals surface area contributed by atoms with E-state index in [4.69, 9.17) is 9.84 Å². The molecular weight excluding hydrogens is 190 g/mol. The summed E-state index contributed by atoms with van der Waals surface area (Å²) < 4.78 is 5.60. The molecule has 0 aliphatic carbocycles. The normalized spacial score (nSPS) is 25.4. The van der Waals surface area contributed by atoms with Crippen LogP contribution in [0.2, 0.25) is 0 Å². The van der Waals surface area contributed by atoms with E-state index in [1.165, 1.54) is 12.8 Å². The highest BCUT2D eigenvalue weighted by Gasteiger charge is 2.18. The molecule has 3 heteroatoms. The Morgan fingerprint density at radius 2 is 2.27 bits per heavy atom. The van der Waals surface area contributed by atoms with E-state index in [2.05, 4.69) is 19.2 Å². The zero-order valence-corrected chi connectivity index (χ0v) is 10.0. The van der Waals surface area contributed by atoms with Crippen LogP contribution in [-0.4, -0.2) is 37.0 Å².